The van der Waals surface area contributed by atoms with Crippen molar-refractivity contribution in [3.8, 4) is 11.4 Å². The average Bonchev–Trinajstić information content (AvgIpc) is 2.76. The summed E-state index contributed by atoms with van der Waals surface area (Å²) in [6, 6.07) is 5.51. The van der Waals surface area contributed by atoms with E-state index < -0.39 is 11.2 Å². The molecule has 19 heavy (non-hydrogen) atoms. The molecule has 0 saturated carbocycles. The molecule has 3 aromatic rings. The Labute approximate surface area is 111 Å². The zero-order chi connectivity index (χ0) is 13.6. The molecular weight excluding hydrogens is 268 g/mol. The number of aryl methyl sites for hydroxylation is 1. The molecule has 0 spiro atoms. The van der Waals surface area contributed by atoms with Gasteiger partial charge >= 0.3 is 5.69 Å². The Morgan fingerprint density at radius 1 is 1.16 bits per heavy atom. The number of H-pyrrole nitrogens is 3. The van der Waals surface area contributed by atoms with Crippen LogP contribution < -0.4 is 11.2 Å². The van der Waals surface area contributed by atoms with Gasteiger partial charge in [-0.3, -0.25) is 14.8 Å². The molecule has 0 aliphatic carbocycles. The number of aromatic nitrogens is 4. The molecule has 0 unspecified atom stereocenters. The van der Waals surface area contributed by atoms with E-state index in [0.29, 0.717) is 16.4 Å². The lowest BCUT2D eigenvalue weighted by molar-refractivity contribution is 1.07. The summed E-state index contributed by atoms with van der Waals surface area (Å²) in [6.07, 6.45) is 0. The standard InChI is InChI=1S/C12H9ClN4O2/c1-5-3-2-4-6(7(5)13)9-14-8-10(15-9)16-12(19)17-11(8)18/h2-4H,1H3,(H3,14,15,16,17,18,19). The van der Waals surface area contributed by atoms with E-state index in [-0.39, 0.29) is 11.2 Å². The summed E-state index contributed by atoms with van der Waals surface area (Å²) >= 11 is 6.21. The molecule has 7 heteroatoms. The maximum atomic E-state index is 11.6. The minimum absolute atomic E-state index is 0.210. The lowest BCUT2D eigenvalue weighted by Crippen LogP contribution is -2.21. The number of halogens is 1. The van der Waals surface area contributed by atoms with Crippen LogP contribution in [0.5, 0.6) is 0 Å². The van der Waals surface area contributed by atoms with Gasteiger partial charge in [-0.25, -0.2) is 9.78 Å². The highest BCUT2D eigenvalue weighted by atomic mass is 35.5. The Bertz CT molecular complexity index is 891. The van der Waals surface area contributed by atoms with E-state index in [1.807, 2.05) is 19.1 Å². The molecule has 3 rings (SSSR count). The zero-order valence-corrected chi connectivity index (χ0v) is 10.6. The van der Waals surface area contributed by atoms with Gasteiger partial charge in [-0.1, -0.05) is 23.7 Å². The van der Waals surface area contributed by atoms with E-state index in [4.69, 9.17) is 11.6 Å². The van der Waals surface area contributed by atoms with Gasteiger partial charge in [0, 0.05) is 5.56 Å². The lowest BCUT2D eigenvalue weighted by Gasteiger charge is -2.02. The third-order valence-electron chi connectivity index (χ3n) is 2.84. The van der Waals surface area contributed by atoms with E-state index in [9.17, 15) is 9.59 Å². The van der Waals surface area contributed by atoms with E-state index in [0.717, 1.165) is 5.56 Å². The zero-order valence-electron chi connectivity index (χ0n) is 9.87. The highest BCUT2D eigenvalue weighted by Crippen LogP contribution is 2.28. The first-order valence-corrected chi connectivity index (χ1v) is 5.92. The number of imidazole rings is 1. The van der Waals surface area contributed by atoms with Crippen molar-refractivity contribution in [2.24, 2.45) is 0 Å². The number of benzene rings is 1. The Kier molecular flexibility index (Phi) is 2.53. The SMILES string of the molecule is Cc1cccc(-c2nc3[nH]c(=O)[nH]c(=O)c3[nH]2)c1Cl. The number of nitrogens with one attached hydrogen (secondary N) is 3. The van der Waals surface area contributed by atoms with Crippen LogP contribution in [-0.2, 0) is 0 Å². The van der Waals surface area contributed by atoms with Gasteiger partial charge in [0.15, 0.2) is 5.65 Å². The molecule has 0 saturated heterocycles. The molecule has 96 valence electrons. The quantitative estimate of drug-likeness (QED) is 0.629. The third-order valence-corrected chi connectivity index (χ3v) is 3.34. The molecule has 2 heterocycles. The van der Waals surface area contributed by atoms with Gasteiger partial charge < -0.3 is 4.98 Å². The van der Waals surface area contributed by atoms with Crippen LogP contribution >= 0.6 is 11.6 Å². The normalized spacial score (nSPS) is 11.1. The largest absolute Gasteiger partial charge is 0.332 e. The summed E-state index contributed by atoms with van der Waals surface area (Å²) < 4.78 is 0. The van der Waals surface area contributed by atoms with Gasteiger partial charge in [0.25, 0.3) is 5.56 Å². The van der Waals surface area contributed by atoms with Gasteiger partial charge in [-0.15, -0.1) is 0 Å². The number of hydrogen-bond donors (Lipinski definition) is 3. The van der Waals surface area contributed by atoms with Crippen LogP contribution in [0.2, 0.25) is 5.02 Å². The fraction of sp³-hybridized carbons (Fsp3) is 0.0833. The van der Waals surface area contributed by atoms with Crippen LogP contribution in [0, 0.1) is 6.92 Å². The van der Waals surface area contributed by atoms with Gasteiger partial charge in [0.1, 0.15) is 11.3 Å². The second-order valence-corrected chi connectivity index (χ2v) is 4.53. The van der Waals surface area contributed by atoms with Crippen molar-refractivity contribution in [2.75, 3.05) is 0 Å². The summed E-state index contributed by atoms with van der Waals surface area (Å²) in [5.41, 5.74) is 0.904. The Balaban J connectivity index is 2.33. The molecular formula is C12H9ClN4O2. The third kappa shape index (κ3) is 1.86. The molecule has 1 aromatic carbocycles. The molecule has 0 bridgehead atoms. The lowest BCUT2D eigenvalue weighted by atomic mass is 10.1. The van der Waals surface area contributed by atoms with Crippen molar-refractivity contribution in [3.63, 3.8) is 0 Å². The number of rotatable bonds is 1. The first kappa shape index (κ1) is 11.7. The van der Waals surface area contributed by atoms with Crippen LogP contribution in [0.25, 0.3) is 22.6 Å². The first-order chi connectivity index (χ1) is 9.06. The Morgan fingerprint density at radius 3 is 2.74 bits per heavy atom. The second kappa shape index (κ2) is 4.10. The summed E-state index contributed by atoms with van der Waals surface area (Å²) in [5.74, 6) is 0.441. The molecule has 0 aliphatic rings. The van der Waals surface area contributed by atoms with Crippen LogP contribution in [0.15, 0.2) is 27.8 Å². The topological polar surface area (TPSA) is 94.4 Å². The van der Waals surface area contributed by atoms with Crippen molar-refractivity contribution in [1.29, 1.82) is 0 Å². The summed E-state index contributed by atoms with van der Waals surface area (Å²) in [5, 5.41) is 0.556. The van der Waals surface area contributed by atoms with E-state index >= 15 is 0 Å². The van der Waals surface area contributed by atoms with Crippen molar-refractivity contribution < 1.29 is 0 Å². The second-order valence-electron chi connectivity index (χ2n) is 4.15. The molecule has 0 fully saturated rings. The number of hydrogen-bond acceptors (Lipinski definition) is 3. The van der Waals surface area contributed by atoms with Crippen molar-refractivity contribution in [1.82, 2.24) is 19.9 Å². The minimum Gasteiger partial charge on any atom is -0.332 e. The van der Waals surface area contributed by atoms with Gasteiger partial charge in [0.05, 0.1) is 5.02 Å². The predicted molar refractivity (Wildman–Crippen MR) is 72.5 cm³/mol. The highest BCUT2D eigenvalue weighted by Gasteiger charge is 2.12. The van der Waals surface area contributed by atoms with Crippen molar-refractivity contribution >= 4 is 22.8 Å². The summed E-state index contributed by atoms with van der Waals surface area (Å²) in [7, 11) is 0. The van der Waals surface area contributed by atoms with Gasteiger partial charge in [-0.2, -0.15) is 0 Å². The van der Waals surface area contributed by atoms with Gasteiger partial charge in [0.2, 0.25) is 0 Å². The fourth-order valence-corrected chi connectivity index (χ4v) is 2.11. The molecule has 2 aromatic heterocycles. The van der Waals surface area contributed by atoms with E-state index in [2.05, 4.69) is 19.9 Å². The molecule has 6 nitrogen and oxygen atoms in total. The summed E-state index contributed by atoms with van der Waals surface area (Å²) in [6.45, 7) is 1.88. The average molecular weight is 277 g/mol. The molecule has 3 N–H and O–H groups in total. The van der Waals surface area contributed by atoms with Crippen molar-refractivity contribution in [3.05, 3.63) is 49.6 Å². The molecule has 0 amide bonds. The Morgan fingerprint density at radius 2 is 1.95 bits per heavy atom. The van der Waals surface area contributed by atoms with E-state index in [1.54, 1.807) is 6.07 Å². The minimum atomic E-state index is -0.592. The fourth-order valence-electron chi connectivity index (χ4n) is 1.89. The molecule has 0 atom stereocenters. The van der Waals surface area contributed by atoms with Gasteiger partial charge in [-0.05, 0) is 18.6 Å². The number of aromatic amines is 3. The molecule has 0 radical (unpaired) electrons. The monoisotopic (exact) mass is 276 g/mol. The molecule has 0 aliphatic heterocycles. The van der Waals surface area contributed by atoms with E-state index in [1.165, 1.54) is 0 Å². The maximum Gasteiger partial charge on any atom is 0.327 e. The number of nitrogens with zero attached hydrogens (tertiary/aromatic N) is 1. The number of fused-ring (bicyclic) bond motifs is 1. The van der Waals surface area contributed by atoms with Crippen LogP contribution in [0.4, 0.5) is 0 Å². The maximum absolute atomic E-state index is 11.6. The van der Waals surface area contributed by atoms with Crippen molar-refractivity contribution in [2.45, 2.75) is 6.92 Å². The van der Waals surface area contributed by atoms with Crippen LogP contribution in [0.3, 0.4) is 0 Å². The highest BCUT2D eigenvalue weighted by molar-refractivity contribution is 6.34. The van der Waals surface area contributed by atoms with Crippen LogP contribution in [-0.4, -0.2) is 19.9 Å². The summed E-state index contributed by atoms with van der Waals surface area (Å²) in [4.78, 5) is 34.4. The Hall–Kier alpha value is -2.34. The smallest absolute Gasteiger partial charge is 0.327 e. The van der Waals surface area contributed by atoms with Crippen LogP contribution in [0.1, 0.15) is 5.56 Å². The predicted octanol–water partition coefficient (Wildman–Crippen LogP) is 1.57. The first-order valence-electron chi connectivity index (χ1n) is 5.54.